The van der Waals surface area contributed by atoms with Crippen LogP contribution in [0.15, 0.2) is 48.9 Å². The Kier molecular flexibility index (Phi) is 8.09. The van der Waals surface area contributed by atoms with Crippen LogP contribution >= 0.6 is 0 Å². The Labute approximate surface area is 223 Å². The SMILES string of the molecule is Cc1ncc(C#N)c(Nc2ccc3[nH]ccc3c2C)c1C=Cc1ccc(CNCCN2CCOCC2)cn1. The minimum atomic E-state index is 0.496. The molecule has 0 unspecified atom stereocenters. The zero-order chi connectivity index (χ0) is 26.3. The second-order valence-corrected chi connectivity index (χ2v) is 9.52. The fraction of sp³-hybridized carbons (Fsp3) is 0.300. The molecule has 4 aromatic rings. The lowest BCUT2D eigenvalue weighted by atomic mass is 10.0. The molecule has 1 aliphatic heterocycles. The second kappa shape index (κ2) is 12.0. The molecule has 0 amide bonds. The molecule has 0 radical (unpaired) electrons. The van der Waals surface area contributed by atoms with E-state index in [-0.39, 0.29) is 0 Å². The van der Waals surface area contributed by atoms with Gasteiger partial charge in [0.1, 0.15) is 6.07 Å². The zero-order valence-electron chi connectivity index (χ0n) is 21.9. The molecule has 8 heteroatoms. The quantitative estimate of drug-likeness (QED) is 0.280. The van der Waals surface area contributed by atoms with Gasteiger partial charge >= 0.3 is 0 Å². The minimum Gasteiger partial charge on any atom is -0.379 e. The lowest BCUT2D eigenvalue weighted by Gasteiger charge is -2.26. The molecular weight excluding hydrogens is 474 g/mol. The number of anilines is 2. The van der Waals surface area contributed by atoms with Crippen molar-refractivity contribution in [2.75, 3.05) is 44.7 Å². The van der Waals surface area contributed by atoms with Gasteiger partial charge in [-0.15, -0.1) is 0 Å². The van der Waals surface area contributed by atoms with Gasteiger partial charge in [-0.1, -0.05) is 6.07 Å². The van der Waals surface area contributed by atoms with Crippen LogP contribution in [0.5, 0.6) is 0 Å². The molecule has 0 atom stereocenters. The first kappa shape index (κ1) is 25.6. The summed E-state index contributed by atoms with van der Waals surface area (Å²) >= 11 is 0. The van der Waals surface area contributed by atoms with Crippen LogP contribution < -0.4 is 10.6 Å². The highest BCUT2D eigenvalue weighted by Crippen LogP contribution is 2.32. The Balaban J connectivity index is 1.28. The number of nitrogens with one attached hydrogen (secondary N) is 3. The number of hydrogen-bond acceptors (Lipinski definition) is 7. The summed E-state index contributed by atoms with van der Waals surface area (Å²) in [5, 5.41) is 18.0. The molecule has 8 nitrogen and oxygen atoms in total. The van der Waals surface area contributed by atoms with Crippen LogP contribution in [0, 0.1) is 25.2 Å². The van der Waals surface area contributed by atoms with Crippen LogP contribution in [0.1, 0.15) is 33.6 Å². The summed E-state index contributed by atoms with van der Waals surface area (Å²) in [5.74, 6) is 0. The maximum atomic E-state index is 9.81. The number of rotatable bonds is 9. The predicted octanol–water partition coefficient (Wildman–Crippen LogP) is 4.78. The van der Waals surface area contributed by atoms with E-state index in [1.807, 2.05) is 49.7 Å². The van der Waals surface area contributed by atoms with Crippen LogP contribution in [0.4, 0.5) is 11.4 Å². The molecule has 1 fully saturated rings. The van der Waals surface area contributed by atoms with Crippen molar-refractivity contribution in [3.8, 4) is 6.07 Å². The van der Waals surface area contributed by atoms with E-state index in [9.17, 15) is 5.26 Å². The fourth-order valence-electron chi connectivity index (χ4n) is 4.70. The largest absolute Gasteiger partial charge is 0.379 e. The first-order chi connectivity index (χ1) is 18.6. The van der Waals surface area contributed by atoms with E-state index in [2.05, 4.69) is 55.6 Å². The Morgan fingerprint density at radius 2 is 1.95 bits per heavy atom. The monoisotopic (exact) mass is 507 g/mol. The first-order valence-corrected chi connectivity index (χ1v) is 13.0. The van der Waals surface area contributed by atoms with Gasteiger partial charge in [0.25, 0.3) is 0 Å². The van der Waals surface area contributed by atoms with Crippen molar-refractivity contribution in [3.63, 3.8) is 0 Å². The molecule has 1 aliphatic rings. The number of hydrogen-bond donors (Lipinski definition) is 3. The molecule has 0 saturated carbocycles. The summed E-state index contributed by atoms with van der Waals surface area (Å²) in [6, 6.07) is 12.5. The summed E-state index contributed by atoms with van der Waals surface area (Å²) in [6.07, 6.45) is 9.42. The van der Waals surface area contributed by atoms with Gasteiger partial charge in [-0.3, -0.25) is 14.9 Å². The molecule has 38 heavy (non-hydrogen) atoms. The summed E-state index contributed by atoms with van der Waals surface area (Å²) < 4.78 is 5.40. The number of aryl methyl sites for hydroxylation is 2. The average molecular weight is 508 g/mol. The summed E-state index contributed by atoms with van der Waals surface area (Å²) in [6.45, 7) is 10.5. The number of nitriles is 1. The highest BCUT2D eigenvalue weighted by atomic mass is 16.5. The molecule has 1 aromatic carbocycles. The lowest BCUT2D eigenvalue weighted by molar-refractivity contribution is 0.0384. The van der Waals surface area contributed by atoms with Crippen molar-refractivity contribution in [2.45, 2.75) is 20.4 Å². The van der Waals surface area contributed by atoms with E-state index in [4.69, 9.17) is 4.74 Å². The van der Waals surface area contributed by atoms with E-state index in [0.717, 1.165) is 96.3 Å². The predicted molar refractivity (Wildman–Crippen MR) is 152 cm³/mol. The van der Waals surface area contributed by atoms with E-state index in [1.54, 1.807) is 6.20 Å². The van der Waals surface area contributed by atoms with E-state index >= 15 is 0 Å². The number of aromatic nitrogens is 3. The molecule has 0 spiro atoms. The van der Waals surface area contributed by atoms with Crippen LogP contribution in [-0.4, -0.2) is 59.2 Å². The third-order valence-corrected chi connectivity index (χ3v) is 7.01. The molecular formula is C30H33N7O. The lowest BCUT2D eigenvalue weighted by Crippen LogP contribution is -2.40. The van der Waals surface area contributed by atoms with Crippen molar-refractivity contribution in [3.05, 3.63) is 82.6 Å². The minimum absolute atomic E-state index is 0.496. The van der Waals surface area contributed by atoms with Gasteiger partial charge in [0.05, 0.1) is 30.2 Å². The molecule has 4 heterocycles. The van der Waals surface area contributed by atoms with Gasteiger partial charge in [0, 0.05) is 79.2 Å². The van der Waals surface area contributed by atoms with Gasteiger partial charge in [-0.25, -0.2) is 0 Å². The number of nitrogens with zero attached hydrogens (tertiary/aromatic N) is 4. The van der Waals surface area contributed by atoms with Gasteiger partial charge < -0.3 is 20.4 Å². The molecule has 3 N–H and O–H groups in total. The van der Waals surface area contributed by atoms with Crippen LogP contribution in [0.2, 0.25) is 0 Å². The van der Waals surface area contributed by atoms with Crippen molar-refractivity contribution in [1.29, 1.82) is 5.26 Å². The number of ether oxygens (including phenoxy) is 1. The number of H-pyrrole nitrogens is 1. The molecule has 5 rings (SSSR count). The highest BCUT2D eigenvalue weighted by Gasteiger charge is 2.14. The van der Waals surface area contributed by atoms with E-state index in [1.165, 1.54) is 0 Å². The maximum absolute atomic E-state index is 9.81. The maximum Gasteiger partial charge on any atom is 0.103 e. The van der Waals surface area contributed by atoms with Crippen molar-refractivity contribution in [2.24, 2.45) is 0 Å². The number of fused-ring (bicyclic) bond motifs is 1. The first-order valence-electron chi connectivity index (χ1n) is 13.0. The van der Waals surface area contributed by atoms with Gasteiger partial charge in [0.15, 0.2) is 0 Å². The van der Waals surface area contributed by atoms with Gasteiger partial charge in [-0.2, -0.15) is 5.26 Å². The summed E-state index contributed by atoms with van der Waals surface area (Å²) in [5.41, 5.74) is 8.10. The second-order valence-electron chi connectivity index (χ2n) is 9.52. The van der Waals surface area contributed by atoms with Gasteiger partial charge in [0.2, 0.25) is 0 Å². The van der Waals surface area contributed by atoms with Crippen LogP contribution in [0.25, 0.3) is 23.1 Å². The smallest absolute Gasteiger partial charge is 0.103 e. The Hall–Kier alpha value is -4.03. The van der Waals surface area contributed by atoms with Gasteiger partial charge in [-0.05, 0) is 61.4 Å². The zero-order valence-corrected chi connectivity index (χ0v) is 21.9. The topological polar surface area (TPSA) is 102 Å². The van der Waals surface area contributed by atoms with Crippen molar-refractivity contribution < 1.29 is 4.74 Å². The fourth-order valence-corrected chi connectivity index (χ4v) is 4.70. The molecule has 0 aliphatic carbocycles. The average Bonchev–Trinajstić information content (AvgIpc) is 3.43. The summed E-state index contributed by atoms with van der Waals surface area (Å²) in [7, 11) is 0. The number of aromatic amines is 1. The Morgan fingerprint density at radius 1 is 1.08 bits per heavy atom. The Morgan fingerprint density at radius 3 is 2.74 bits per heavy atom. The summed E-state index contributed by atoms with van der Waals surface area (Å²) in [4.78, 5) is 14.8. The number of benzene rings is 1. The molecule has 0 bridgehead atoms. The molecule has 194 valence electrons. The standard InChI is InChI=1S/C30H33N7O/c1-21-26-9-10-33-29(26)8-7-28(21)36-30-24(17-31)20-34-22(2)27(30)6-5-25-4-3-23(19-35-25)18-32-11-12-37-13-15-38-16-14-37/h3-10,19-20,32-33H,11-16,18H2,1-2H3,(H,34,36). The van der Waals surface area contributed by atoms with E-state index in [0.29, 0.717) is 5.56 Å². The van der Waals surface area contributed by atoms with Crippen molar-refractivity contribution >= 4 is 34.4 Å². The normalized spacial score (nSPS) is 14.2. The number of morpholine rings is 1. The third-order valence-electron chi connectivity index (χ3n) is 7.01. The number of pyridine rings is 2. The third kappa shape index (κ3) is 5.92. The van der Waals surface area contributed by atoms with Crippen molar-refractivity contribution in [1.82, 2.24) is 25.2 Å². The van der Waals surface area contributed by atoms with Crippen LogP contribution in [-0.2, 0) is 11.3 Å². The molecule has 3 aromatic heterocycles. The highest BCUT2D eigenvalue weighted by molar-refractivity contribution is 5.90. The Bertz CT molecular complexity index is 1460. The van der Waals surface area contributed by atoms with Crippen LogP contribution in [0.3, 0.4) is 0 Å². The van der Waals surface area contributed by atoms with E-state index < -0.39 is 0 Å². The molecule has 1 saturated heterocycles.